The molecule has 4 rings (SSSR count). The van der Waals surface area contributed by atoms with E-state index in [0.717, 1.165) is 29.8 Å². The highest BCUT2D eigenvalue weighted by Gasteiger charge is 2.30. The van der Waals surface area contributed by atoms with Crippen molar-refractivity contribution in [2.75, 3.05) is 55.0 Å². The summed E-state index contributed by atoms with van der Waals surface area (Å²) in [5.41, 5.74) is 3.60. The van der Waals surface area contributed by atoms with Gasteiger partial charge in [0.25, 0.3) is 5.91 Å². The molecule has 0 aliphatic carbocycles. The number of carbonyl (C=O) groups is 2. The molecule has 204 valence electrons. The highest BCUT2D eigenvalue weighted by molar-refractivity contribution is 7.92. The van der Waals surface area contributed by atoms with E-state index in [2.05, 4.69) is 10.6 Å². The van der Waals surface area contributed by atoms with Crippen LogP contribution in [-0.4, -0.2) is 65.2 Å². The molecule has 1 fully saturated rings. The highest BCUT2D eigenvalue weighted by atomic mass is 32.2. The Bertz CT molecular complexity index is 1350. The molecule has 0 atom stereocenters. The van der Waals surface area contributed by atoms with Gasteiger partial charge in [-0.1, -0.05) is 6.92 Å². The van der Waals surface area contributed by atoms with Crippen LogP contribution in [0.25, 0.3) is 5.57 Å². The van der Waals surface area contributed by atoms with E-state index in [1.165, 1.54) is 14.2 Å². The Morgan fingerprint density at radius 3 is 2.26 bits per heavy atom. The number of hydrogen-bond acceptors (Lipinski definition) is 7. The summed E-state index contributed by atoms with van der Waals surface area (Å²) in [6.45, 7) is 3.01. The quantitative estimate of drug-likeness (QED) is 0.465. The lowest BCUT2D eigenvalue weighted by Gasteiger charge is -2.30. The van der Waals surface area contributed by atoms with Crippen molar-refractivity contribution >= 4 is 44.5 Å². The van der Waals surface area contributed by atoms with Crippen LogP contribution in [0.1, 0.15) is 38.2 Å². The van der Waals surface area contributed by atoms with Gasteiger partial charge in [-0.3, -0.25) is 13.9 Å². The zero-order valence-electron chi connectivity index (χ0n) is 22.2. The van der Waals surface area contributed by atoms with Crippen molar-refractivity contribution in [2.24, 2.45) is 0 Å². The molecule has 2 aliphatic heterocycles. The molecule has 0 bridgehead atoms. The van der Waals surface area contributed by atoms with E-state index in [0.29, 0.717) is 64.9 Å². The van der Waals surface area contributed by atoms with Crippen molar-refractivity contribution in [3.05, 3.63) is 47.7 Å². The topological polar surface area (TPSA) is 117 Å². The molecular formula is C27H34N4O6S. The predicted octanol–water partition coefficient (Wildman–Crippen LogP) is 3.67. The Morgan fingerprint density at radius 2 is 1.68 bits per heavy atom. The molecule has 0 aromatic heterocycles. The standard InChI is InChI=1S/C27H34N4O6S/c1-5-21(26-20-15-23(36-2)24(37-3)16-22(20)29-27(26)33)28-18-9-11-19(12-10-18)31(38(4,34)35)17-25(32)30-13-7-6-8-14-30/h9-12,15-16,28H,5-8,13-14,17H2,1-4H3,(H,29,33)/b26-21-. The summed E-state index contributed by atoms with van der Waals surface area (Å²) >= 11 is 0. The number of sulfonamides is 1. The predicted molar refractivity (Wildman–Crippen MR) is 148 cm³/mol. The zero-order chi connectivity index (χ0) is 27.4. The number of nitrogens with zero attached hydrogens (tertiary/aromatic N) is 2. The minimum atomic E-state index is -3.68. The van der Waals surface area contributed by atoms with E-state index in [9.17, 15) is 18.0 Å². The van der Waals surface area contributed by atoms with E-state index in [-0.39, 0.29) is 18.4 Å². The van der Waals surface area contributed by atoms with Gasteiger partial charge in [-0.25, -0.2) is 8.42 Å². The first kappa shape index (κ1) is 27.3. The molecule has 38 heavy (non-hydrogen) atoms. The Morgan fingerprint density at radius 1 is 1.05 bits per heavy atom. The van der Waals surface area contributed by atoms with Crippen LogP contribution in [0.3, 0.4) is 0 Å². The summed E-state index contributed by atoms with van der Waals surface area (Å²) in [6, 6.07) is 10.3. The van der Waals surface area contributed by atoms with Gasteiger partial charge >= 0.3 is 0 Å². The molecule has 0 unspecified atom stereocenters. The van der Waals surface area contributed by atoms with Crippen LogP contribution >= 0.6 is 0 Å². The zero-order valence-corrected chi connectivity index (χ0v) is 23.0. The van der Waals surface area contributed by atoms with Gasteiger partial charge in [-0.05, 0) is 56.0 Å². The fourth-order valence-corrected chi connectivity index (χ4v) is 5.62. The SMILES string of the molecule is CC/C(Nc1ccc(N(CC(=O)N2CCCCC2)S(C)(=O)=O)cc1)=C1/C(=O)Nc2cc(OC)c(OC)cc21. The van der Waals surface area contributed by atoms with Gasteiger partial charge in [-0.15, -0.1) is 0 Å². The molecular weight excluding hydrogens is 508 g/mol. The maximum Gasteiger partial charge on any atom is 0.258 e. The molecule has 2 heterocycles. The number of amides is 2. The Hall–Kier alpha value is -3.73. The number of hydrogen-bond donors (Lipinski definition) is 2. The monoisotopic (exact) mass is 542 g/mol. The van der Waals surface area contributed by atoms with Gasteiger partial charge in [0.2, 0.25) is 15.9 Å². The minimum absolute atomic E-state index is 0.201. The molecule has 2 amide bonds. The fraction of sp³-hybridized carbons (Fsp3) is 0.407. The summed E-state index contributed by atoms with van der Waals surface area (Å²) in [5, 5.41) is 6.19. The van der Waals surface area contributed by atoms with Crippen molar-refractivity contribution in [3.63, 3.8) is 0 Å². The molecule has 2 aromatic carbocycles. The molecule has 2 aromatic rings. The van der Waals surface area contributed by atoms with Crippen LogP contribution in [0.2, 0.25) is 0 Å². The van der Waals surface area contributed by atoms with Gasteiger partial charge in [0.05, 0.1) is 37.4 Å². The largest absolute Gasteiger partial charge is 0.493 e. The summed E-state index contributed by atoms with van der Waals surface area (Å²) in [6.07, 6.45) is 4.59. The Labute approximate surface area is 223 Å². The van der Waals surface area contributed by atoms with Gasteiger partial charge in [0.1, 0.15) is 6.54 Å². The summed E-state index contributed by atoms with van der Waals surface area (Å²) in [5.74, 6) is 0.590. The van der Waals surface area contributed by atoms with E-state index in [1.54, 1.807) is 41.3 Å². The first-order valence-electron chi connectivity index (χ1n) is 12.6. The number of likely N-dealkylation sites (tertiary alicyclic amines) is 1. The van der Waals surface area contributed by atoms with Gasteiger partial charge in [-0.2, -0.15) is 0 Å². The van der Waals surface area contributed by atoms with Crippen LogP contribution in [0, 0.1) is 0 Å². The Balaban J connectivity index is 1.59. The third kappa shape index (κ3) is 5.72. The second-order valence-electron chi connectivity index (χ2n) is 9.30. The first-order chi connectivity index (χ1) is 18.2. The number of anilines is 3. The smallest absolute Gasteiger partial charge is 0.258 e. The van der Waals surface area contributed by atoms with Crippen LogP contribution < -0.4 is 24.4 Å². The number of carbonyl (C=O) groups excluding carboxylic acids is 2. The van der Waals surface area contributed by atoms with E-state index >= 15 is 0 Å². The normalized spacial score (nSPS) is 16.4. The molecule has 0 saturated carbocycles. The van der Waals surface area contributed by atoms with Crippen LogP contribution in [0.4, 0.5) is 17.1 Å². The van der Waals surface area contributed by atoms with E-state index in [1.807, 2.05) is 6.92 Å². The first-order valence-corrected chi connectivity index (χ1v) is 14.4. The lowest BCUT2D eigenvalue weighted by Crippen LogP contribution is -2.44. The number of methoxy groups -OCH3 is 2. The number of nitrogens with one attached hydrogen (secondary N) is 2. The number of allylic oxidation sites excluding steroid dienone is 1. The second-order valence-corrected chi connectivity index (χ2v) is 11.2. The third-order valence-corrected chi connectivity index (χ3v) is 7.90. The maximum atomic E-state index is 12.9. The lowest BCUT2D eigenvalue weighted by atomic mass is 10.0. The number of benzene rings is 2. The Kier molecular flexibility index (Phi) is 8.15. The number of ether oxygens (including phenoxy) is 2. The molecule has 2 aliphatic rings. The van der Waals surface area contributed by atoms with Gasteiger partial charge < -0.3 is 25.0 Å². The second kappa shape index (κ2) is 11.3. The third-order valence-electron chi connectivity index (χ3n) is 6.76. The lowest BCUT2D eigenvalue weighted by molar-refractivity contribution is -0.130. The number of fused-ring (bicyclic) bond motifs is 1. The average Bonchev–Trinajstić information content (AvgIpc) is 3.24. The highest BCUT2D eigenvalue weighted by Crippen LogP contribution is 2.42. The van der Waals surface area contributed by atoms with Crippen LogP contribution in [0.15, 0.2) is 42.1 Å². The van der Waals surface area contributed by atoms with Gasteiger partial charge in [0, 0.05) is 36.1 Å². The molecule has 10 nitrogen and oxygen atoms in total. The fourth-order valence-electron chi connectivity index (χ4n) is 4.78. The summed E-state index contributed by atoms with van der Waals surface area (Å²) < 4.78 is 37.0. The molecule has 11 heteroatoms. The van der Waals surface area contributed by atoms with Crippen molar-refractivity contribution < 1.29 is 27.5 Å². The summed E-state index contributed by atoms with van der Waals surface area (Å²) in [7, 11) is -0.601. The van der Waals surface area contributed by atoms with E-state index in [4.69, 9.17) is 9.47 Å². The summed E-state index contributed by atoms with van der Waals surface area (Å²) in [4.78, 5) is 27.4. The van der Waals surface area contributed by atoms with Crippen molar-refractivity contribution in [1.82, 2.24) is 4.90 Å². The molecule has 1 saturated heterocycles. The van der Waals surface area contributed by atoms with Crippen molar-refractivity contribution in [3.8, 4) is 11.5 Å². The van der Waals surface area contributed by atoms with Crippen molar-refractivity contribution in [1.29, 1.82) is 0 Å². The number of piperidine rings is 1. The average molecular weight is 543 g/mol. The van der Waals surface area contributed by atoms with E-state index < -0.39 is 10.0 Å². The minimum Gasteiger partial charge on any atom is -0.493 e. The molecule has 2 N–H and O–H groups in total. The van der Waals surface area contributed by atoms with Crippen molar-refractivity contribution in [2.45, 2.75) is 32.6 Å². The van der Waals surface area contributed by atoms with Crippen LogP contribution in [0.5, 0.6) is 11.5 Å². The number of rotatable bonds is 9. The molecule has 0 radical (unpaired) electrons. The maximum absolute atomic E-state index is 12.9. The van der Waals surface area contributed by atoms with Crippen LogP contribution in [-0.2, 0) is 19.6 Å². The van der Waals surface area contributed by atoms with Gasteiger partial charge in [0.15, 0.2) is 11.5 Å². The molecule has 0 spiro atoms.